The number of imidazole rings is 1. The van der Waals surface area contributed by atoms with Gasteiger partial charge in [0.25, 0.3) is 0 Å². The Bertz CT molecular complexity index is 371. The zero-order valence-electron chi connectivity index (χ0n) is 6.36. The van der Waals surface area contributed by atoms with Crippen molar-refractivity contribution in [1.29, 1.82) is 0 Å². The van der Waals surface area contributed by atoms with Crippen molar-refractivity contribution in [2.45, 2.75) is 6.54 Å². The van der Waals surface area contributed by atoms with Gasteiger partial charge in [-0.15, -0.1) is 0 Å². The van der Waals surface area contributed by atoms with Crippen LogP contribution in [0.1, 0.15) is 5.69 Å². The van der Waals surface area contributed by atoms with Crippen LogP contribution in [0.25, 0.3) is 5.65 Å². The third-order valence-electron chi connectivity index (χ3n) is 1.77. The first-order valence-electron chi connectivity index (χ1n) is 3.51. The van der Waals surface area contributed by atoms with Gasteiger partial charge >= 0.3 is 0 Å². The summed E-state index contributed by atoms with van der Waals surface area (Å²) in [5.74, 6) is 0. The van der Waals surface area contributed by atoms with Crippen molar-refractivity contribution in [1.82, 2.24) is 14.2 Å². The second-order valence-corrected chi connectivity index (χ2v) is 2.55. The Balaban J connectivity index is 2.70. The van der Waals surface area contributed by atoms with Gasteiger partial charge in [0.2, 0.25) is 0 Å². The van der Waals surface area contributed by atoms with Crippen LogP contribution in [0.5, 0.6) is 0 Å². The van der Waals surface area contributed by atoms with Crippen molar-refractivity contribution in [2.75, 3.05) is 0 Å². The van der Waals surface area contributed by atoms with E-state index in [1.54, 1.807) is 0 Å². The molecular formula is C7H10N4. The summed E-state index contributed by atoms with van der Waals surface area (Å²) in [7, 11) is 1.98. The Kier molecular flexibility index (Phi) is 1.22. The minimum absolute atomic E-state index is 0.502. The predicted octanol–water partition coefficient (Wildman–Crippen LogP) is 0.132. The third-order valence-corrected chi connectivity index (χ3v) is 1.77. The molecule has 0 aliphatic carbocycles. The van der Waals surface area contributed by atoms with Crippen LogP contribution in [-0.4, -0.2) is 14.2 Å². The van der Waals surface area contributed by atoms with Gasteiger partial charge in [-0.2, -0.15) is 5.10 Å². The van der Waals surface area contributed by atoms with Crippen LogP contribution >= 0.6 is 0 Å². The highest BCUT2D eigenvalue weighted by Gasteiger charge is 2.00. The lowest BCUT2D eigenvalue weighted by molar-refractivity contribution is 0.883. The lowest BCUT2D eigenvalue weighted by atomic mass is 10.4. The molecule has 2 N–H and O–H groups in total. The number of aryl methyl sites for hydroxylation is 1. The lowest BCUT2D eigenvalue weighted by Crippen LogP contribution is -1.96. The van der Waals surface area contributed by atoms with E-state index >= 15 is 0 Å². The number of hydrogen-bond acceptors (Lipinski definition) is 2. The Morgan fingerprint density at radius 1 is 1.55 bits per heavy atom. The summed E-state index contributed by atoms with van der Waals surface area (Å²) in [5, 5.41) is 4.22. The summed E-state index contributed by atoms with van der Waals surface area (Å²) in [4.78, 5) is 0. The maximum atomic E-state index is 5.44. The number of nitrogens with two attached hydrogens (primary N) is 1. The van der Waals surface area contributed by atoms with Crippen LogP contribution in [0.3, 0.4) is 0 Å². The first kappa shape index (κ1) is 6.42. The van der Waals surface area contributed by atoms with Crippen LogP contribution < -0.4 is 5.73 Å². The Labute approximate surface area is 64.2 Å². The molecule has 0 amide bonds. The molecule has 2 aromatic rings. The molecule has 0 bridgehead atoms. The van der Waals surface area contributed by atoms with Gasteiger partial charge in [-0.3, -0.25) is 0 Å². The predicted molar refractivity (Wildman–Crippen MR) is 42.1 cm³/mol. The van der Waals surface area contributed by atoms with Crippen molar-refractivity contribution in [3.63, 3.8) is 0 Å². The summed E-state index contributed by atoms with van der Waals surface area (Å²) in [6.07, 6.45) is 3.87. The zero-order chi connectivity index (χ0) is 7.84. The Morgan fingerprint density at radius 2 is 2.36 bits per heavy atom. The highest BCUT2D eigenvalue weighted by atomic mass is 15.3. The fourth-order valence-corrected chi connectivity index (χ4v) is 1.15. The van der Waals surface area contributed by atoms with Gasteiger partial charge in [-0.05, 0) is 0 Å². The van der Waals surface area contributed by atoms with Gasteiger partial charge in [-0.25, -0.2) is 4.52 Å². The van der Waals surface area contributed by atoms with E-state index in [0.29, 0.717) is 6.54 Å². The monoisotopic (exact) mass is 150 g/mol. The van der Waals surface area contributed by atoms with E-state index < -0.39 is 0 Å². The molecule has 0 spiro atoms. The molecule has 0 unspecified atom stereocenters. The molecule has 2 heterocycles. The highest BCUT2D eigenvalue weighted by molar-refractivity contribution is 5.40. The van der Waals surface area contributed by atoms with E-state index in [2.05, 4.69) is 5.10 Å². The van der Waals surface area contributed by atoms with Crippen LogP contribution in [-0.2, 0) is 13.6 Å². The molecule has 0 fully saturated rings. The summed E-state index contributed by atoms with van der Waals surface area (Å²) in [6, 6.07) is 1.99. The highest BCUT2D eigenvalue weighted by Crippen LogP contribution is 2.04. The average Bonchev–Trinajstić information content (AvgIpc) is 2.53. The van der Waals surface area contributed by atoms with Crippen LogP contribution in [0.4, 0.5) is 0 Å². The van der Waals surface area contributed by atoms with Gasteiger partial charge in [-0.1, -0.05) is 0 Å². The van der Waals surface area contributed by atoms with E-state index in [4.69, 9.17) is 5.73 Å². The standard InChI is InChI=1S/C7H10N4/c1-10-2-3-11-7(10)4-6(5-8)9-11/h2-4H,5,8H2,1H3. The first-order chi connectivity index (χ1) is 5.31. The van der Waals surface area contributed by atoms with E-state index in [1.807, 2.05) is 34.6 Å². The van der Waals surface area contributed by atoms with Crippen LogP contribution in [0.2, 0.25) is 0 Å². The maximum absolute atomic E-state index is 5.44. The third kappa shape index (κ3) is 0.832. The van der Waals surface area contributed by atoms with Gasteiger partial charge in [0.1, 0.15) is 5.65 Å². The molecule has 4 nitrogen and oxygen atoms in total. The van der Waals surface area contributed by atoms with Crippen LogP contribution in [0, 0.1) is 0 Å². The molecule has 2 aromatic heterocycles. The minimum Gasteiger partial charge on any atom is -0.334 e. The average molecular weight is 150 g/mol. The van der Waals surface area contributed by atoms with Gasteiger partial charge < -0.3 is 10.3 Å². The molecule has 4 heteroatoms. The van der Waals surface area contributed by atoms with Crippen molar-refractivity contribution in [3.05, 3.63) is 24.2 Å². The lowest BCUT2D eigenvalue weighted by Gasteiger charge is -1.85. The van der Waals surface area contributed by atoms with Crippen molar-refractivity contribution < 1.29 is 0 Å². The SMILES string of the molecule is Cn1ccn2nc(CN)cc12. The number of aromatic nitrogens is 3. The van der Waals surface area contributed by atoms with Crippen LogP contribution in [0.15, 0.2) is 18.5 Å². The number of hydrogen-bond donors (Lipinski definition) is 1. The van der Waals surface area contributed by atoms with E-state index in [-0.39, 0.29) is 0 Å². The summed E-state index contributed by atoms with van der Waals surface area (Å²) >= 11 is 0. The zero-order valence-corrected chi connectivity index (χ0v) is 6.36. The number of nitrogens with zero attached hydrogens (tertiary/aromatic N) is 3. The smallest absolute Gasteiger partial charge is 0.135 e. The molecule has 0 saturated carbocycles. The molecule has 0 atom stereocenters. The maximum Gasteiger partial charge on any atom is 0.135 e. The molecule has 0 aliphatic heterocycles. The molecule has 2 rings (SSSR count). The molecule has 58 valence electrons. The summed E-state index contributed by atoms with van der Waals surface area (Å²) in [5.41, 5.74) is 7.44. The number of fused-ring (bicyclic) bond motifs is 1. The molecule has 0 saturated heterocycles. The number of rotatable bonds is 1. The largest absolute Gasteiger partial charge is 0.334 e. The van der Waals surface area contributed by atoms with E-state index in [9.17, 15) is 0 Å². The quantitative estimate of drug-likeness (QED) is 0.628. The second kappa shape index (κ2) is 2.10. The van der Waals surface area contributed by atoms with Gasteiger partial charge in [0.05, 0.1) is 5.69 Å². The molecule has 0 aromatic carbocycles. The summed E-state index contributed by atoms with van der Waals surface area (Å²) < 4.78 is 3.83. The molecule has 0 radical (unpaired) electrons. The normalized spacial score (nSPS) is 11.1. The Hall–Kier alpha value is -1.29. The van der Waals surface area contributed by atoms with Crippen molar-refractivity contribution >= 4 is 5.65 Å². The molecule has 0 aliphatic rings. The second-order valence-electron chi connectivity index (χ2n) is 2.55. The van der Waals surface area contributed by atoms with Crippen molar-refractivity contribution in [2.24, 2.45) is 12.8 Å². The van der Waals surface area contributed by atoms with Crippen molar-refractivity contribution in [3.8, 4) is 0 Å². The van der Waals surface area contributed by atoms with E-state index in [0.717, 1.165) is 11.3 Å². The Morgan fingerprint density at radius 3 is 3.00 bits per heavy atom. The van der Waals surface area contributed by atoms with Gasteiger partial charge in [0.15, 0.2) is 0 Å². The fraction of sp³-hybridized carbons (Fsp3) is 0.286. The molecular weight excluding hydrogens is 140 g/mol. The summed E-state index contributed by atoms with van der Waals surface area (Å²) in [6.45, 7) is 0.502. The van der Waals surface area contributed by atoms with E-state index in [1.165, 1.54) is 0 Å². The van der Waals surface area contributed by atoms with Gasteiger partial charge in [0, 0.05) is 32.1 Å². The molecule has 11 heavy (non-hydrogen) atoms. The fourth-order valence-electron chi connectivity index (χ4n) is 1.15. The topological polar surface area (TPSA) is 48.2 Å². The minimum atomic E-state index is 0.502. The first-order valence-corrected chi connectivity index (χ1v) is 3.51.